The van der Waals surface area contributed by atoms with Gasteiger partial charge in [0.1, 0.15) is 23.7 Å². The standard InChI is InChI=1S/C9H16O3S/c1-4(2)5(3)8-6(10)7(11)9(13)12-8/h6-11,13H,1-3H3/t6-,7+,8+,9?/m0/s1. The van der Waals surface area contributed by atoms with E-state index in [9.17, 15) is 10.2 Å². The molecule has 4 atom stereocenters. The van der Waals surface area contributed by atoms with Crippen molar-refractivity contribution in [1.29, 1.82) is 0 Å². The maximum Gasteiger partial charge on any atom is 0.129 e. The molecule has 1 aliphatic rings. The lowest BCUT2D eigenvalue weighted by Crippen LogP contribution is -2.31. The van der Waals surface area contributed by atoms with E-state index in [0.717, 1.165) is 11.1 Å². The Morgan fingerprint density at radius 2 is 1.69 bits per heavy atom. The van der Waals surface area contributed by atoms with Crippen LogP contribution in [0.15, 0.2) is 11.1 Å². The minimum atomic E-state index is -0.900. The molecule has 13 heavy (non-hydrogen) atoms. The number of allylic oxidation sites excluding steroid dienone is 1. The fourth-order valence-electron chi connectivity index (χ4n) is 1.30. The summed E-state index contributed by atoms with van der Waals surface area (Å²) in [6, 6.07) is 0. The highest BCUT2D eigenvalue weighted by Gasteiger charge is 2.41. The van der Waals surface area contributed by atoms with Crippen LogP contribution in [0.2, 0.25) is 0 Å². The van der Waals surface area contributed by atoms with E-state index >= 15 is 0 Å². The molecule has 0 bridgehead atoms. The van der Waals surface area contributed by atoms with E-state index in [4.69, 9.17) is 4.74 Å². The molecule has 1 fully saturated rings. The van der Waals surface area contributed by atoms with Gasteiger partial charge in [0, 0.05) is 0 Å². The molecular formula is C9H16O3S. The zero-order valence-corrected chi connectivity index (χ0v) is 8.95. The largest absolute Gasteiger partial charge is 0.387 e. The molecule has 4 heteroatoms. The molecule has 0 aromatic rings. The molecule has 1 rings (SSSR count). The van der Waals surface area contributed by atoms with E-state index < -0.39 is 23.7 Å². The number of aliphatic hydroxyl groups is 2. The Bertz CT molecular complexity index is 223. The number of hydrogen-bond acceptors (Lipinski definition) is 4. The van der Waals surface area contributed by atoms with Crippen molar-refractivity contribution in [2.45, 2.75) is 44.5 Å². The third-order valence-electron chi connectivity index (χ3n) is 2.45. The van der Waals surface area contributed by atoms with Crippen molar-refractivity contribution >= 4 is 12.6 Å². The Hall–Kier alpha value is -0.0300. The summed E-state index contributed by atoms with van der Waals surface area (Å²) in [5, 5.41) is 19.0. The highest BCUT2D eigenvalue weighted by molar-refractivity contribution is 7.80. The monoisotopic (exact) mass is 204 g/mol. The van der Waals surface area contributed by atoms with Gasteiger partial charge in [0.25, 0.3) is 0 Å². The lowest BCUT2D eigenvalue weighted by Gasteiger charge is -2.16. The van der Waals surface area contributed by atoms with Crippen LogP contribution in [-0.2, 0) is 4.74 Å². The quantitative estimate of drug-likeness (QED) is 0.436. The first-order valence-corrected chi connectivity index (χ1v) is 4.80. The summed E-state index contributed by atoms with van der Waals surface area (Å²) in [6.07, 6.45) is -2.18. The predicted molar refractivity (Wildman–Crippen MR) is 53.7 cm³/mol. The summed E-state index contributed by atoms with van der Waals surface area (Å²) in [5.74, 6) is 0. The van der Waals surface area contributed by atoms with Crippen LogP contribution >= 0.6 is 12.6 Å². The first kappa shape index (κ1) is 11.0. The van der Waals surface area contributed by atoms with Gasteiger partial charge in [0.2, 0.25) is 0 Å². The molecule has 0 spiro atoms. The molecule has 0 aromatic heterocycles. The number of hydrogen-bond donors (Lipinski definition) is 3. The van der Waals surface area contributed by atoms with Crippen LogP contribution in [0.4, 0.5) is 0 Å². The summed E-state index contributed by atoms with van der Waals surface area (Å²) in [6.45, 7) is 5.79. The van der Waals surface area contributed by atoms with Crippen LogP contribution in [0.25, 0.3) is 0 Å². The van der Waals surface area contributed by atoms with Crippen molar-refractivity contribution in [2.75, 3.05) is 0 Å². The van der Waals surface area contributed by atoms with E-state index in [0.29, 0.717) is 0 Å². The second-order valence-corrected chi connectivity index (χ2v) is 4.12. The molecule has 0 radical (unpaired) electrons. The lowest BCUT2D eigenvalue weighted by atomic mass is 10.0. The van der Waals surface area contributed by atoms with Gasteiger partial charge in [-0.3, -0.25) is 0 Å². The van der Waals surface area contributed by atoms with Gasteiger partial charge in [-0.2, -0.15) is 0 Å². The van der Waals surface area contributed by atoms with Crippen LogP contribution in [0.3, 0.4) is 0 Å². The molecule has 1 saturated heterocycles. The SMILES string of the molecule is CC(C)=C(C)[C@H]1OC(S)[C@H](O)[C@@H]1O. The third-order valence-corrected chi connectivity index (χ3v) is 2.88. The van der Waals surface area contributed by atoms with E-state index in [-0.39, 0.29) is 0 Å². The fraction of sp³-hybridized carbons (Fsp3) is 0.778. The van der Waals surface area contributed by atoms with Crippen LogP contribution in [-0.4, -0.2) is 34.0 Å². The van der Waals surface area contributed by atoms with Crippen molar-refractivity contribution < 1.29 is 14.9 Å². The minimum Gasteiger partial charge on any atom is -0.387 e. The van der Waals surface area contributed by atoms with Gasteiger partial charge in [-0.1, -0.05) is 5.57 Å². The zero-order valence-electron chi connectivity index (χ0n) is 8.06. The van der Waals surface area contributed by atoms with Crippen molar-refractivity contribution in [2.24, 2.45) is 0 Å². The van der Waals surface area contributed by atoms with Crippen LogP contribution in [0, 0.1) is 0 Å². The Morgan fingerprint density at radius 3 is 2.00 bits per heavy atom. The molecule has 76 valence electrons. The van der Waals surface area contributed by atoms with Crippen molar-refractivity contribution in [3.8, 4) is 0 Å². The van der Waals surface area contributed by atoms with Gasteiger partial charge < -0.3 is 14.9 Å². The van der Waals surface area contributed by atoms with Gasteiger partial charge in [0.05, 0.1) is 0 Å². The Balaban J connectivity index is 2.80. The van der Waals surface area contributed by atoms with Crippen molar-refractivity contribution in [1.82, 2.24) is 0 Å². The van der Waals surface area contributed by atoms with Gasteiger partial charge in [-0.25, -0.2) is 0 Å². The molecule has 3 nitrogen and oxygen atoms in total. The van der Waals surface area contributed by atoms with Crippen molar-refractivity contribution in [3.63, 3.8) is 0 Å². The number of thiol groups is 1. The summed E-state index contributed by atoms with van der Waals surface area (Å²) in [5.41, 5.74) is 1.47. The molecule has 0 amide bonds. The van der Waals surface area contributed by atoms with Gasteiger partial charge in [0.15, 0.2) is 0 Å². The Morgan fingerprint density at radius 1 is 1.15 bits per heavy atom. The second-order valence-electron chi connectivity index (χ2n) is 3.61. The zero-order chi connectivity index (χ0) is 10.2. The normalized spacial score (nSPS) is 39.2. The summed E-state index contributed by atoms with van der Waals surface area (Å²) in [4.78, 5) is 0. The molecular weight excluding hydrogens is 188 g/mol. The molecule has 1 aliphatic heterocycles. The lowest BCUT2D eigenvalue weighted by molar-refractivity contribution is 0.0378. The fourth-order valence-corrected chi connectivity index (χ4v) is 1.61. The molecule has 1 unspecified atom stereocenters. The summed E-state index contributed by atoms with van der Waals surface area (Å²) in [7, 11) is 0. The van der Waals surface area contributed by atoms with Crippen LogP contribution in [0.1, 0.15) is 20.8 Å². The van der Waals surface area contributed by atoms with E-state index in [1.165, 1.54) is 0 Å². The average molecular weight is 204 g/mol. The van der Waals surface area contributed by atoms with Crippen LogP contribution in [0.5, 0.6) is 0 Å². The van der Waals surface area contributed by atoms with E-state index in [1.54, 1.807) is 0 Å². The topological polar surface area (TPSA) is 49.7 Å². The van der Waals surface area contributed by atoms with Gasteiger partial charge in [-0.15, -0.1) is 12.6 Å². The van der Waals surface area contributed by atoms with Crippen LogP contribution < -0.4 is 0 Å². The maximum absolute atomic E-state index is 9.59. The maximum atomic E-state index is 9.59. The molecule has 2 N–H and O–H groups in total. The smallest absolute Gasteiger partial charge is 0.129 e. The molecule has 1 heterocycles. The minimum absolute atomic E-state index is 0.414. The molecule has 0 aromatic carbocycles. The Labute approximate surface area is 83.8 Å². The first-order chi connectivity index (χ1) is 5.95. The average Bonchev–Trinajstić information content (AvgIpc) is 2.31. The van der Waals surface area contributed by atoms with Crippen molar-refractivity contribution in [3.05, 3.63) is 11.1 Å². The van der Waals surface area contributed by atoms with Gasteiger partial charge in [-0.05, 0) is 26.3 Å². The van der Waals surface area contributed by atoms with E-state index in [1.807, 2.05) is 20.8 Å². The predicted octanol–water partition coefficient (Wildman–Crippen LogP) is 0.719. The number of aliphatic hydroxyl groups excluding tert-OH is 2. The van der Waals surface area contributed by atoms with Gasteiger partial charge >= 0.3 is 0 Å². The third kappa shape index (κ3) is 2.07. The van der Waals surface area contributed by atoms with E-state index in [2.05, 4.69) is 12.6 Å². The number of ether oxygens (including phenoxy) is 1. The molecule has 0 saturated carbocycles. The summed E-state index contributed by atoms with van der Waals surface area (Å²) >= 11 is 4.01. The Kier molecular flexibility index (Phi) is 3.40. The molecule has 0 aliphatic carbocycles. The highest BCUT2D eigenvalue weighted by Crippen LogP contribution is 2.29. The second kappa shape index (κ2) is 4.00. The summed E-state index contributed by atoms with van der Waals surface area (Å²) < 4.78 is 5.32. The number of rotatable bonds is 1. The highest BCUT2D eigenvalue weighted by atomic mass is 32.1. The first-order valence-electron chi connectivity index (χ1n) is 4.28.